The summed E-state index contributed by atoms with van der Waals surface area (Å²) in [6.45, 7) is 4.41. The third-order valence-electron chi connectivity index (χ3n) is 2.00. The number of methoxy groups -OCH3 is 1. The molecule has 4 nitrogen and oxygen atoms in total. The first kappa shape index (κ1) is 12.4. The molecule has 16 heavy (non-hydrogen) atoms. The van der Waals surface area contributed by atoms with Gasteiger partial charge in [0.25, 0.3) is 0 Å². The Morgan fingerprint density at radius 2 is 2.00 bits per heavy atom. The largest absolute Gasteiger partial charge is 0.497 e. The third kappa shape index (κ3) is 4.21. The van der Waals surface area contributed by atoms with Gasteiger partial charge in [0, 0.05) is 13.0 Å². The van der Waals surface area contributed by atoms with Gasteiger partial charge in [-0.05, 0) is 24.6 Å². The SMILES string of the molecule is COc1cc(C)cc(OCCNC(C)=O)c1. The normalized spacial score (nSPS) is 9.69. The Morgan fingerprint density at radius 3 is 2.62 bits per heavy atom. The topological polar surface area (TPSA) is 47.6 Å². The van der Waals surface area contributed by atoms with E-state index in [2.05, 4.69) is 5.32 Å². The molecular weight excluding hydrogens is 206 g/mol. The van der Waals surface area contributed by atoms with E-state index in [1.54, 1.807) is 7.11 Å². The molecule has 0 unspecified atom stereocenters. The maximum atomic E-state index is 10.6. The molecule has 0 aromatic heterocycles. The monoisotopic (exact) mass is 223 g/mol. The molecule has 1 N–H and O–H groups in total. The molecule has 1 amide bonds. The first-order valence-electron chi connectivity index (χ1n) is 5.14. The molecule has 0 aliphatic rings. The molecule has 0 fully saturated rings. The van der Waals surface area contributed by atoms with Gasteiger partial charge >= 0.3 is 0 Å². The van der Waals surface area contributed by atoms with E-state index in [1.807, 2.05) is 25.1 Å². The van der Waals surface area contributed by atoms with E-state index in [-0.39, 0.29) is 5.91 Å². The zero-order valence-corrected chi connectivity index (χ0v) is 9.87. The number of hydrogen-bond acceptors (Lipinski definition) is 3. The number of hydrogen-bond donors (Lipinski definition) is 1. The molecule has 88 valence electrons. The molecule has 1 aromatic rings. The molecular formula is C12H17NO3. The molecule has 0 aliphatic carbocycles. The van der Waals surface area contributed by atoms with Crippen LogP contribution >= 0.6 is 0 Å². The predicted octanol–water partition coefficient (Wildman–Crippen LogP) is 1.52. The summed E-state index contributed by atoms with van der Waals surface area (Å²) in [5, 5.41) is 2.66. The zero-order chi connectivity index (χ0) is 12.0. The molecule has 0 radical (unpaired) electrons. The van der Waals surface area contributed by atoms with Gasteiger partial charge in [-0.3, -0.25) is 4.79 Å². The Morgan fingerprint density at radius 1 is 1.31 bits per heavy atom. The minimum Gasteiger partial charge on any atom is -0.497 e. The van der Waals surface area contributed by atoms with Crippen LogP contribution in [0.3, 0.4) is 0 Å². The van der Waals surface area contributed by atoms with Crippen molar-refractivity contribution in [3.8, 4) is 11.5 Å². The van der Waals surface area contributed by atoms with Crippen molar-refractivity contribution in [2.24, 2.45) is 0 Å². The Bertz CT molecular complexity index is 363. The van der Waals surface area contributed by atoms with Gasteiger partial charge in [0.1, 0.15) is 18.1 Å². The van der Waals surface area contributed by atoms with Crippen LogP contribution in [0.2, 0.25) is 0 Å². The summed E-state index contributed by atoms with van der Waals surface area (Å²) in [4.78, 5) is 10.6. The minimum absolute atomic E-state index is 0.0505. The van der Waals surface area contributed by atoms with Crippen molar-refractivity contribution in [1.29, 1.82) is 0 Å². The summed E-state index contributed by atoms with van der Waals surface area (Å²) in [5.41, 5.74) is 1.08. The average Bonchev–Trinajstić information content (AvgIpc) is 2.23. The van der Waals surface area contributed by atoms with E-state index < -0.39 is 0 Å². The smallest absolute Gasteiger partial charge is 0.216 e. The van der Waals surface area contributed by atoms with Gasteiger partial charge in [0.15, 0.2) is 0 Å². The molecule has 0 spiro atoms. The van der Waals surface area contributed by atoms with Gasteiger partial charge in [0.05, 0.1) is 13.7 Å². The van der Waals surface area contributed by atoms with Crippen LogP contribution < -0.4 is 14.8 Å². The number of aryl methyl sites for hydroxylation is 1. The standard InChI is InChI=1S/C12H17NO3/c1-9-6-11(15-3)8-12(7-9)16-5-4-13-10(2)14/h6-8H,4-5H2,1-3H3,(H,13,14). The molecule has 0 saturated heterocycles. The number of nitrogens with one attached hydrogen (secondary N) is 1. The van der Waals surface area contributed by atoms with Crippen LogP contribution in [0.25, 0.3) is 0 Å². The zero-order valence-electron chi connectivity index (χ0n) is 9.87. The van der Waals surface area contributed by atoms with Gasteiger partial charge in [-0.1, -0.05) is 0 Å². The highest BCUT2D eigenvalue weighted by Crippen LogP contribution is 2.21. The fraction of sp³-hybridized carbons (Fsp3) is 0.417. The number of carbonyl (C=O) groups excluding carboxylic acids is 1. The van der Waals surface area contributed by atoms with Crippen LogP contribution in [0.4, 0.5) is 0 Å². The van der Waals surface area contributed by atoms with Gasteiger partial charge in [-0.15, -0.1) is 0 Å². The number of ether oxygens (including phenoxy) is 2. The minimum atomic E-state index is -0.0505. The van der Waals surface area contributed by atoms with Crippen LogP contribution in [-0.4, -0.2) is 26.2 Å². The van der Waals surface area contributed by atoms with E-state index in [9.17, 15) is 4.79 Å². The van der Waals surface area contributed by atoms with E-state index in [0.717, 1.165) is 17.1 Å². The molecule has 0 heterocycles. The second-order valence-corrected chi connectivity index (χ2v) is 3.52. The van der Waals surface area contributed by atoms with Crippen molar-refractivity contribution in [2.75, 3.05) is 20.3 Å². The maximum absolute atomic E-state index is 10.6. The first-order chi connectivity index (χ1) is 7.61. The fourth-order valence-electron chi connectivity index (χ4n) is 1.31. The Hall–Kier alpha value is -1.71. The number of amides is 1. The Kier molecular flexibility index (Phi) is 4.64. The van der Waals surface area contributed by atoms with E-state index in [0.29, 0.717) is 13.2 Å². The van der Waals surface area contributed by atoms with Gasteiger partial charge in [-0.25, -0.2) is 0 Å². The van der Waals surface area contributed by atoms with Gasteiger partial charge in [-0.2, -0.15) is 0 Å². The third-order valence-corrected chi connectivity index (χ3v) is 2.00. The first-order valence-corrected chi connectivity index (χ1v) is 5.14. The van der Waals surface area contributed by atoms with Crippen molar-refractivity contribution >= 4 is 5.91 Å². The van der Waals surface area contributed by atoms with Crippen LogP contribution in [0, 0.1) is 6.92 Å². The maximum Gasteiger partial charge on any atom is 0.216 e. The van der Waals surface area contributed by atoms with E-state index in [1.165, 1.54) is 6.92 Å². The fourth-order valence-corrected chi connectivity index (χ4v) is 1.31. The predicted molar refractivity (Wildman–Crippen MR) is 61.9 cm³/mol. The number of rotatable bonds is 5. The van der Waals surface area contributed by atoms with Crippen molar-refractivity contribution < 1.29 is 14.3 Å². The molecule has 1 aromatic carbocycles. The second-order valence-electron chi connectivity index (χ2n) is 3.52. The van der Waals surface area contributed by atoms with Crippen LogP contribution in [0.5, 0.6) is 11.5 Å². The highest BCUT2D eigenvalue weighted by molar-refractivity contribution is 5.72. The molecule has 0 atom stereocenters. The van der Waals surface area contributed by atoms with Gasteiger partial charge < -0.3 is 14.8 Å². The lowest BCUT2D eigenvalue weighted by Crippen LogP contribution is -2.25. The molecule has 1 rings (SSSR count). The lowest BCUT2D eigenvalue weighted by Gasteiger charge is -2.09. The quantitative estimate of drug-likeness (QED) is 0.770. The Labute approximate surface area is 95.6 Å². The van der Waals surface area contributed by atoms with Gasteiger partial charge in [0.2, 0.25) is 5.91 Å². The summed E-state index contributed by atoms with van der Waals surface area (Å²) < 4.78 is 10.6. The summed E-state index contributed by atoms with van der Waals surface area (Å²) >= 11 is 0. The second kappa shape index (κ2) is 6.00. The summed E-state index contributed by atoms with van der Waals surface area (Å²) in [6, 6.07) is 5.68. The average molecular weight is 223 g/mol. The summed E-state index contributed by atoms with van der Waals surface area (Å²) in [7, 11) is 1.62. The molecule has 0 bridgehead atoms. The highest BCUT2D eigenvalue weighted by atomic mass is 16.5. The Balaban J connectivity index is 2.47. The van der Waals surface area contributed by atoms with Crippen molar-refractivity contribution in [3.63, 3.8) is 0 Å². The highest BCUT2D eigenvalue weighted by Gasteiger charge is 1.99. The lowest BCUT2D eigenvalue weighted by molar-refractivity contribution is -0.119. The van der Waals surface area contributed by atoms with E-state index >= 15 is 0 Å². The van der Waals surface area contributed by atoms with Crippen molar-refractivity contribution in [3.05, 3.63) is 23.8 Å². The lowest BCUT2D eigenvalue weighted by atomic mass is 10.2. The van der Waals surface area contributed by atoms with E-state index in [4.69, 9.17) is 9.47 Å². The van der Waals surface area contributed by atoms with Crippen LogP contribution in [-0.2, 0) is 4.79 Å². The molecule has 4 heteroatoms. The number of benzene rings is 1. The molecule has 0 aliphatic heterocycles. The summed E-state index contributed by atoms with van der Waals surface area (Å²) in [5.74, 6) is 1.47. The van der Waals surface area contributed by atoms with Crippen molar-refractivity contribution in [1.82, 2.24) is 5.32 Å². The van der Waals surface area contributed by atoms with Crippen LogP contribution in [0.15, 0.2) is 18.2 Å². The van der Waals surface area contributed by atoms with Crippen molar-refractivity contribution in [2.45, 2.75) is 13.8 Å². The molecule has 0 saturated carbocycles. The summed E-state index contributed by atoms with van der Waals surface area (Å²) in [6.07, 6.45) is 0. The number of carbonyl (C=O) groups is 1. The van der Waals surface area contributed by atoms with Crippen LogP contribution in [0.1, 0.15) is 12.5 Å².